The summed E-state index contributed by atoms with van der Waals surface area (Å²) < 4.78 is 0.865. The molecule has 0 radical (unpaired) electrons. The first-order chi connectivity index (χ1) is 8.06. The van der Waals surface area contributed by atoms with Crippen molar-refractivity contribution in [2.75, 3.05) is 5.73 Å². The summed E-state index contributed by atoms with van der Waals surface area (Å²) in [5.41, 5.74) is 5.38. The van der Waals surface area contributed by atoms with Crippen LogP contribution in [-0.2, 0) is 0 Å². The van der Waals surface area contributed by atoms with E-state index in [0.717, 1.165) is 4.21 Å². The molecule has 0 unspecified atom stereocenters. The van der Waals surface area contributed by atoms with E-state index in [-0.39, 0.29) is 11.3 Å². The van der Waals surface area contributed by atoms with Crippen LogP contribution in [0.4, 0.5) is 5.13 Å². The number of rotatable bonds is 3. The van der Waals surface area contributed by atoms with Gasteiger partial charge in [-0.1, -0.05) is 23.1 Å². The Balaban J connectivity index is 2.28. The van der Waals surface area contributed by atoms with Crippen LogP contribution in [0.3, 0.4) is 0 Å². The van der Waals surface area contributed by atoms with Gasteiger partial charge in [-0.05, 0) is 18.2 Å². The van der Waals surface area contributed by atoms with E-state index in [4.69, 9.17) is 10.8 Å². The lowest BCUT2D eigenvalue weighted by atomic mass is 10.2. The first-order valence-electron chi connectivity index (χ1n) is 4.52. The van der Waals surface area contributed by atoms with Crippen molar-refractivity contribution in [2.24, 2.45) is 0 Å². The van der Waals surface area contributed by atoms with Crippen molar-refractivity contribution in [3.8, 4) is 5.75 Å². The van der Waals surface area contributed by atoms with Gasteiger partial charge in [-0.25, -0.2) is 9.78 Å². The van der Waals surface area contributed by atoms with E-state index in [9.17, 15) is 9.90 Å². The standard InChI is InChI=1S/C10H8N2O3S2/c11-10-12-4-8(17-10)16-5-1-2-7(13)6(3-5)9(14)15/h1-4,13H,(H2,11,12)(H,14,15). The topological polar surface area (TPSA) is 96.4 Å². The minimum Gasteiger partial charge on any atom is -0.507 e. The number of aromatic nitrogens is 1. The Morgan fingerprint density at radius 1 is 1.47 bits per heavy atom. The Morgan fingerprint density at radius 3 is 2.82 bits per heavy atom. The van der Waals surface area contributed by atoms with Crippen molar-refractivity contribution in [3.63, 3.8) is 0 Å². The lowest BCUT2D eigenvalue weighted by Crippen LogP contribution is -1.96. The Morgan fingerprint density at radius 2 is 2.24 bits per heavy atom. The number of nitrogens with zero attached hydrogens (tertiary/aromatic N) is 1. The van der Waals surface area contributed by atoms with Gasteiger partial charge < -0.3 is 15.9 Å². The molecule has 2 rings (SSSR count). The van der Waals surface area contributed by atoms with Crippen LogP contribution in [-0.4, -0.2) is 21.2 Å². The number of carboxylic acid groups (broad SMARTS) is 1. The fourth-order valence-electron chi connectivity index (χ4n) is 1.19. The fourth-order valence-corrected chi connectivity index (χ4v) is 2.96. The van der Waals surface area contributed by atoms with Gasteiger partial charge in [0.2, 0.25) is 0 Å². The zero-order valence-electron chi connectivity index (χ0n) is 8.45. The van der Waals surface area contributed by atoms with Crippen LogP contribution in [0.15, 0.2) is 33.5 Å². The Hall–Kier alpha value is -1.73. The molecule has 0 spiro atoms. The van der Waals surface area contributed by atoms with Crippen molar-refractivity contribution < 1.29 is 15.0 Å². The lowest BCUT2D eigenvalue weighted by Gasteiger charge is -2.02. The van der Waals surface area contributed by atoms with E-state index in [1.807, 2.05) is 0 Å². The summed E-state index contributed by atoms with van der Waals surface area (Å²) in [7, 11) is 0. The monoisotopic (exact) mass is 268 g/mol. The maximum Gasteiger partial charge on any atom is 0.339 e. The molecule has 1 aromatic heterocycles. The zero-order valence-corrected chi connectivity index (χ0v) is 10.1. The van der Waals surface area contributed by atoms with Crippen LogP contribution in [0.25, 0.3) is 0 Å². The highest BCUT2D eigenvalue weighted by Gasteiger charge is 2.11. The molecule has 0 saturated carbocycles. The molecule has 17 heavy (non-hydrogen) atoms. The lowest BCUT2D eigenvalue weighted by molar-refractivity contribution is 0.0693. The smallest absolute Gasteiger partial charge is 0.339 e. The van der Waals surface area contributed by atoms with Gasteiger partial charge in [0.1, 0.15) is 11.3 Å². The SMILES string of the molecule is Nc1ncc(Sc2ccc(O)c(C(=O)O)c2)s1. The number of aromatic carboxylic acids is 1. The molecule has 1 heterocycles. The van der Waals surface area contributed by atoms with Crippen LogP contribution in [0.1, 0.15) is 10.4 Å². The maximum atomic E-state index is 10.8. The molecule has 0 fully saturated rings. The molecular formula is C10H8N2O3S2. The number of carbonyl (C=O) groups is 1. The number of anilines is 1. The van der Waals surface area contributed by atoms with E-state index in [2.05, 4.69) is 4.98 Å². The van der Waals surface area contributed by atoms with Gasteiger partial charge >= 0.3 is 5.97 Å². The Bertz CT molecular complexity index is 568. The zero-order chi connectivity index (χ0) is 12.4. The number of nitrogen functional groups attached to an aromatic ring is 1. The van der Waals surface area contributed by atoms with Gasteiger partial charge in [0.05, 0.1) is 10.4 Å². The van der Waals surface area contributed by atoms with Crippen molar-refractivity contribution >= 4 is 34.2 Å². The van der Waals surface area contributed by atoms with Crippen LogP contribution < -0.4 is 5.73 Å². The Kier molecular flexibility index (Phi) is 3.21. The molecule has 4 N–H and O–H groups in total. The molecular weight excluding hydrogens is 260 g/mol. The first kappa shape index (κ1) is 11.7. The van der Waals surface area contributed by atoms with E-state index in [0.29, 0.717) is 10.0 Å². The number of nitrogens with two attached hydrogens (primary N) is 1. The summed E-state index contributed by atoms with van der Waals surface area (Å²) in [6, 6.07) is 4.41. The molecule has 7 heteroatoms. The Labute approximate surface area is 105 Å². The molecule has 0 saturated heterocycles. The number of aromatic hydroxyl groups is 1. The largest absolute Gasteiger partial charge is 0.507 e. The van der Waals surface area contributed by atoms with Crippen molar-refractivity contribution in [1.82, 2.24) is 4.98 Å². The highest BCUT2D eigenvalue weighted by molar-refractivity contribution is 8.01. The second kappa shape index (κ2) is 4.64. The van der Waals surface area contributed by atoms with E-state index in [1.165, 1.54) is 35.2 Å². The van der Waals surface area contributed by atoms with Crippen molar-refractivity contribution in [3.05, 3.63) is 30.0 Å². The summed E-state index contributed by atoms with van der Waals surface area (Å²) in [4.78, 5) is 15.4. The number of hydrogen-bond donors (Lipinski definition) is 3. The van der Waals surface area contributed by atoms with Crippen LogP contribution in [0.5, 0.6) is 5.75 Å². The molecule has 88 valence electrons. The summed E-state index contributed by atoms with van der Waals surface area (Å²) in [5.74, 6) is -1.40. The van der Waals surface area contributed by atoms with Gasteiger partial charge in [-0.15, -0.1) is 0 Å². The molecule has 0 atom stereocenters. The van der Waals surface area contributed by atoms with Crippen LogP contribution in [0.2, 0.25) is 0 Å². The van der Waals surface area contributed by atoms with E-state index < -0.39 is 5.97 Å². The first-order valence-corrected chi connectivity index (χ1v) is 6.15. The molecule has 0 aliphatic heterocycles. The highest BCUT2D eigenvalue weighted by Crippen LogP contribution is 2.34. The summed E-state index contributed by atoms with van der Waals surface area (Å²) in [6.07, 6.45) is 1.62. The number of phenols is 1. The van der Waals surface area contributed by atoms with Crippen molar-refractivity contribution in [2.45, 2.75) is 9.10 Å². The summed E-state index contributed by atoms with van der Waals surface area (Å²) in [5, 5.41) is 18.7. The predicted molar refractivity (Wildman–Crippen MR) is 65.7 cm³/mol. The highest BCUT2D eigenvalue weighted by atomic mass is 32.2. The molecule has 5 nitrogen and oxygen atoms in total. The average molecular weight is 268 g/mol. The number of thiazole rings is 1. The second-order valence-corrected chi connectivity index (χ2v) is 5.54. The van der Waals surface area contributed by atoms with Crippen molar-refractivity contribution in [1.29, 1.82) is 0 Å². The van der Waals surface area contributed by atoms with Gasteiger partial charge in [0.15, 0.2) is 5.13 Å². The molecule has 1 aromatic carbocycles. The third kappa shape index (κ3) is 2.69. The number of hydrogen-bond acceptors (Lipinski definition) is 6. The van der Waals surface area contributed by atoms with Gasteiger partial charge in [-0.2, -0.15) is 0 Å². The van der Waals surface area contributed by atoms with Crippen LogP contribution in [0, 0.1) is 0 Å². The average Bonchev–Trinajstić information content (AvgIpc) is 2.66. The molecule has 0 aliphatic rings. The minimum atomic E-state index is -1.16. The van der Waals surface area contributed by atoms with Gasteiger partial charge in [0.25, 0.3) is 0 Å². The third-order valence-corrected chi connectivity index (χ3v) is 3.84. The van der Waals surface area contributed by atoms with E-state index >= 15 is 0 Å². The third-order valence-electron chi connectivity index (χ3n) is 1.92. The molecule has 0 bridgehead atoms. The predicted octanol–water partition coefficient (Wildman–Crippen LogP) is 2.28. The maximum absolute atomic E-state index is 10.8. The van der Waals surface area contributed by atoms with E-state index in [1.54, 1.807) is 12.3 Å². The van der Waals surface area contributed by atoms with Crippen LogP contribution >= 0.6 is 23.1 Å². The fraction of sp³-hybridized carbons (Fsp3) is 0. The number of carboxylic acids is 1. The number of benzene rings is 1. The molecule has 0 aliphatic carbocycles. The quantitative estimate of drug-likeness (QED) is 0.790. The second-order valence-electron chi connectivity index (χ2n) is 3.10. The van der Waals surface area contributed by atoms with Gasteiger partial charge in [0, 0.05) is 4.90 Å². The normalized spacial score (nSPS) is 10.4. The molecule has 2 aromatic rings. The summed E-state index contributed by atoms with van der Waals surface area (Å²) in [6.45, 7) is 0. The minimum absolute atomic E-state index is 0.118. The summed E-state index contributed by atoms with van der Waals surface area (Å²) >= 11 is 2.67. The van der Waals surface area contributed by atoms with Gasteiger partial charge in [-0.3, -0.25) is 0 Å². The molecule has 0 amide bonds.